The molecule has 0 aromatic carbocycles. The molecule has 0 rings (SSSR count). The maximum Gasteiger partial charge on any atom is 3.00 e. The van der Waals surface area contributed by atoms with E-state index in [1.807, 2.05) is 0 Å². The molecule has 0 saturated carbocycles. The van der Waals surface area contributed by atoms with Crippen LogP contribution in [0.3, 0.4) is 0 Å². The largest absolute Gasteiger partial charge is 3.00 e. The van der Waals surface area contributed by atoms with Gasteiger partial charge in [0.2, 0.25) is 0 Å². The fraction of sp³-hybridized carbons (Fsp3) is 0.786. The monoisotopic (exact) mass is 1400 g/mol. The number of carboxylic acids is 6. The van der Waals surface area contributed by atoms with Gasteiger partial charge in [0, 0.05) is 34.5 Å². The van der Waals surface area contributed by atoms with Crippen molar-refractivity contribution in [3.8, 4) is 0 Å². The molecule has 0 aliphatic heterocycles. The third-order valence-electron chi connectivity index (χ3n) is 6.23. The number of carbonyl (C=O) groups excluding carboxylic acids is 9. The fourth-order valence-electron chi connectivity index (χ4n) is 3.19. The molecule has 0 aliphatic rings. The van der Waals surface area contributed by atoms with E-state index in [9.17, 15) is 73.8 Å². The molecule has 0 aromatic heterocycles. The Morgan fingerprint density at radius 3 is 0.535 bits per heavy atom. The summed E-state index contributed by atoms with van der Waals surface area (Å²) in [6.07, 6.45) is 13.9. The second kappa shape index (κ2) is 84.0. The van der Waals surface area contributed by atoms with E-state index in [2.05, 4.69) is 155 Å². The number of hydrogen-bond donors (Lipinski definition) is 9. The molecular weight excluding hydrogens is 1320 g/mol. The standard InChI is InChI=1S/3C10H20O2S.6C2H4O2S.2Sb/c3*1-9(2)6-4-3-5-7-12-10(11)8-13;6*3-2(4)1-5;;/h3*9,13H,3-8H2,1-2H3;6*5H,1H2,(H,3,4);;/q;;;;;;;;;2*+3/p-6. The normalized spacial score (nSPS) is 8.87. The average molecular weight is 1400 g/mol. The third-order valence-corrected chi connectivity index (χ3v) is 8.55. The van der Waals surface area contributed by atoms with Crippen molar-refractivity contribution in [3.63, 3.8) is 0 Å². The topological polar surface area (TPSA) is 320 Å². The zero-order valence-electron chi connectivity index (χ0n) is 41.5. The van der Waals surface area contributed by atoms with Crippen LogP contribution in [0.1, 0.15) is 119 Å². The zero-order valence-corrected chi connectivity index (χ0v) is 54.6. The molecule has 0 heterocycles. The van der Waals surface area contributed by atoms with Gasteiger partial charge in [-0.1, -0.05) is 99.3 Å². The van der Waals surface area contributed by atoms with E-state index in [0.717, 1.165) is 56.3 Å². The predicted molar refractivity (Wildman–Crippen MR) is 299 cm³/mol. The molecule has 0 atom stereocenters. The summed E-state index contributed by atoms with van der Waals surface area (Å²) < 4.78 is 14.6. The molecule has 4 radical (unpaired) electrons. The molecule has 0 aliphatic carbocycles. The van der Waals surface area contributed by atoms with Crippen molar-refractivity contribution in [3.05, 3.63) is 0 Å². The maximum absolute atomic E-state index is 10.7. The molecule has 18 nitrogen and oxygen atoms in total. The van der Waals surface area contributed by atoms with Crippen LogP contribution in [0.2, 0.25) is 0 Å². The minimum atomic E-state index is -1.13. The van der Waals surface area contributed by atoms with Crippen LogP contribution in [0.25, 0.3) is 0 Å². The van der Waals surface area contributed by atoms with E-state index in [0.29, 0.717) is 19.8 Å². The van der Waals surface area contributed by atoms with Crippen molar-refractivity contribution in [1.29, 1.82) is 0 Å². The zero-order chi connectivity index (χ0) is 56.0. The number of carboxylic acid groups (broad SMARTS) is 6. The van der Waals surface area contributed by atoms with Crippen LogP contribution >= 0.6 is 114 Å². The van der Waals surface area contributed by atoms with Crippen LogP contribution in [0.15, 0.2) is 0 Å². The van der Waals surface area contributed by atoms with E-state index in [1.54, 1.807) is 0 Å². The number of hydrogen-bond acceptors (Lipinski definition) is 27. The Morgan fingerprint density at radius 2 is 0.437 bits per heavy atom. The second-order valence-electron chi connectivity index (χ2n) is 14.0. The summed E-state index contributed by atoms with van der Waals surface area (Å²) in [7, 11) is 0. The molecule has 0 unspecified atom stereocenters. The smallest absolute Gasteiger partial charge is 0.549 e. The molecule has 0 N–H and O–H groups in total. The molecule has 418 valence electrons. The van der Waals surface area contributed by atoms with Crippen molar-refractivity contribution in [2.45, 2.75) is 119 Å². The Labute approximate surface area is 507 Å². The molecule has 0 spiro atoms. The van der Waals surface area contributed by atoms with Crippen LogP contribution in [0.5, 0.6) is 0 Å². The van der Waals surface area contributed by atoms with Gasteiger partial charge in [-0.2, -0.15) is 114 Å². The summed E-state index contributed by atoms with van der Waals surface area (Å²) in [5.74, 6) is -5.71. The Bertz CT molecular complexity index is 1050. The Balaban J connectivity index is -0.0000000656. The van der Waals surface area contributed by atoms with Gasteiger partial charge in [0.15, 0.2) is 0 Å². The molecular formula is C42H78O18S9Sb2. The number of esters is 3. The minimum absolute atomic E-state index is 0. The molecule has 0 amide bonds. The summed E-state index contributed by atoms with van der Waals surface area (Å²) >= 11 is 31.6. The van der Waals surface area contributed by atoms with Gasteiger partial charge in [-0.3, -0.25) is 14.4 Å². The Morgan fingerprint density at radius 1 is 0.296 bits per heavy atom. The maximum atomic E-state index is 10.7. The summed E-state index contributed by atoms with van der Waals surface area (Å²) in [4.78, 5) is 87.0. The van der Waals surface area contributed by atoms with E-state index in [1.165, 1.54) is 38.5 Å². The number of aliphatic carboxylic acids is 6. The first-order valence-electron chi connectivity index (χ1n) is 21.3. The molecule has 0 saturated heterocycles. The summed E-state index contributed by atoms with van der Waals surface area (Å²) in [5, 5.41) is 55.1. The number of thiol groups is 9. The SMILES string of the molecule is CC(C)CCCCCOC(=O)CS.CC(C)CCCCCOC(=O)CS.CC(C)CCCCCOC(=O)CS.O=C([O-])CS.O=C([O-])CS.O=C([O-])CS.O=C([O-])CS.O=C([O-])CS.O=C([O-])CS.[Sb+3].[Sb+3]. The van der Waals surface area contributed by atoms with Crippen LogP contribution in [0, 0.1) is 17.8 Å². The van der Waals surface area contributed by atoms with E-state index in [-0.39, 0.29) is 119 Å². The average Bonchev–Trinajstić information content (AvgIpc) is 3.30. The van der Waals surface area contributed by atoms with Crippen molar-refractivity contribution in [1.82, 2.24) is 0 Å². The van der Waals surface area contributed by atoms with Crippen molar-refractivity contribution < 1.29 is 88.0 Å². The summed E-state index contributed by atoms with van der Waals surface area (Å²) in [6, 6.07) is 0. The van der Waals surface area contributed by atoms with Crippen molar-refractivity contribution in [2.75, 3.05) is 71.6 Å². The van der Waals surface area contributed by atoms with Gasteiger partial charge in [-0.05, 0) is 37.0 Å². The molecule has 71 heavy (non-hydrogen) atoms. The van der Waals surface area contributed by atoms with E-state index in [4.69, 9.17) is 14.2 Å². The quantitative estimate of drug-likeness (QED) is 0.0161. The predicted octanol–water partition coefficient (Wildman–Crippen LogP) is -0.738. The second-order valence-corrected chi connectivity index (χ2v) is 16.9. The van der Waals surface area contributed by atoms with Gasteiger partial charge in [0.1, 0.15) is 0 Å². The number of carbonyl (C=O) groups is 9. The van der Waals surface area contributed by atoms with Crippen LogP contribution in [-0.4, -0.2) is 174 Å². The molecule has 0 aromatic rings. The molecule has 29 heteroatoms. The first-order valence-corrected chi connectivity index (χ1v) is 26.9. The first kappa shape index (κ1) is 96.7. The third kappa shape index (κ3) is 160. The minimum Gasteiger partial charge on any atom is -0.549 e. The summed E-state index contributed by atoms with van der Waals surface area (Å²) in [5.41, 5.74) is 0. The number of ether oxygens (including phenoxy) is 3. The molecule has 0 fully saturated rings. The van der Waals surface area contributed by atoms with Crippen LogP contribution in [-0.2, 0) is 57.4 Å². The number of unbranched alkanes of at least 4 members (excludes halogenated alkanes) is 6. The van der Waals surface area contributed by atoms with Crippen molar-refractivity contribution >= 4 is 216 Å². The Hall–Kier alpha value is 0.0164. The molecule has 0 bridgehead atoms. The Kier molecular flexibility index (Phi) is 114. The van der Waals surface area contributed by atoms with Crippen molar-refractivity contribution in [2.24, 2.45) is 17.8 Å². The van der Waals surface area contributed by atoms with E-state index >= 15 is 0 Å². The van der Waals surface area contributed by atoms with Gasteiger partial charge < -0.3 is 73.6 Å². The van der Waals surface area contributed by atoms with Gasteiger partial charge in [0.25, 0.3) is 0 Å². The van der Waals surface area contributed by atoms with Gasteiger partial charge >= 0.3 is 66.8 Å². The van der Waals surface area contributed by atoms with Crippen LogP contribution < -0.4 is 30.6 Å². The first-order chi connectivity index (χ1) is 32.1. The van der Waals surface area contributed by atoms with Gasteiger partial charge in [0.05, 0.1) is 72.9 Å². The van der Waals surface area contributed by atoms with E-state index < -0.39 is 35.8 Å². The fourth-order valence-corrected chi connectivity index (χ4v) is 3.46. The number of rotatable bonds is 27. The van der Waals surface area contributed by atoms with Gasteiger partial charge in [-0.15, -0.1) is 0 Å². The van der Waals surface area contributed by atoms with Crippen LogP contribution in [0.4, 0.5) is 0 Å². The van der Waals surface area contributed by atoms with Gasteiger partial charge in [-0.25, -0.2) is 0 Å². The summed E-state index contributed by atoms with van der Waals surface area (Å²) in [6.45, 7) is 15.0.